The molecule has 5 heteroatoms. The Morgan fingerprint density at radius 1 is 1.35 bits per heavy atom. The first-order valence-corrected chi connectivity index (χ1v) is 8.16. The van der Waals surface area contributed by atoms with Gasteiger partial charge >= 0.3 is 0 Å². The minimum absolute atomic E-state index is 0.0878. The van der Waals surface area contributed by atoms with Crippen molar-refractivity contribution in [2.45, 2.75) is 59.5 Å². The van der Waals surface area contributed by atoms with E-state index in [1.165, 1.54) is 0 Å². The van der Waals surface area contributed by atoms with E-state index in [0.29, 0.717) is 6.42 Å². The molecular formula is C18H26N4O. The van der Waals surface area contributed by atoms with Crippen LogP contribution in [-0.4, -0.2) is 26.7 Å². The van der Waals surface area contributed by atoms with Gasteiger partial charge in [-0.2, -0.15) is 5.10 Å². The summed E-state index contributed by atoms with van der Waals surface area (Å²) in [6.45, 7) is 8.87. The molecule has 2 rings (SSSR count). The molecule has 2 heterocycles. The lowest BCUT2D eigenvalue weighted by Crippen LogP contribution is -2.34. The Labute approximate surface area is 138 Å². The summed E-state index contributed by atoms with van der Waals surface area (Å²) in [6, 6.07) is 6.12. The van der Waals surface area contributed by atoms with E-state index in [4.69, 9.17) is 0 Å². The van der Waals surface area contributed by atoms with Gasteiger partial charge in [-0.3, -0.25) is 14.5 Å². The summed E-state index contributed by atoms with van der Waals surface area (Å²) in [5, 5.41) is 7.46. The lowest BCUT2D eigenvalue weighted by Gasteiger charge is -2.14. The number of carbonyl (C=O) groups is 1. The van der Waals surface area contributed by atoms with Gasteiger partial charge < -0.3 is 5.32 Å². The molecule has 0 aliphatic heterocycles. The fourth-order valence-electron chi connectivity index (χ4n) is 2.71. The van der Waals surface area contributed by atoms with Crippen molar-refractivity contribution in [3.8, 4) is 0 Å². The van der Waals surface area contributed by atoms with Crippen LogP contribution in [0.4, 0.5) is 0 Å². The van der Waals surface area contributed by atoms with Crippen LogP contribution in [0.15, 0.2) is 24.4 Å². The molecule has 124 valence electrons. The highest BCUT2D eigenvalue weighted by molar-refractivity contribution is 5.76. The fraction of sp³-hybridized carbons (Fsp3) is 0.500. The third-order valence-electron chi connectivity index (χ3n) is 3.90. The van der Waals surface area contributed by atoms with Crippen molar-refractivity contribution in [2.24, 2.45) is 0 Å². The Balaban J connectivity index is 1.74. The minimum atomic E-state index is 0.0878. The maximum Gasteiger partial charge on any atom is 0.220 e. The molecule has 0 aliphatic rings. The molecule has 0 bridgehead atoms. The van der Waals surface area contributed by atoms with Crippen LogP contribution in [0.5, 0.6) is 0 Å². The van der Waals surface area contributed by atoms with Crippen molar-refractivity contribution in [1.82, 2.24) is 20.1 Å². The number of pyridine rings is 1. The average molecular weight is 314 g/mol. The lowest BCUT2D eigenvalue weighted by molar-refractivity contribution is -0.121. The molecule has 0 unspecified atom stereocenters. The molecule has 0 spiro atoms. The molecule has 5 nitrogen and oxygen atoms in total. The highest BCUT2D eigenvalue weighted by Gasteiger charge is 2.10. The second-order valence-corrected chi connectivity index (χ2v) is 6.19. The first-order valence-electron chi connectivity index (χ1n) is 8.16. The quantitative estimate of drug-likeness (QED) is 0.855. The number of hydrogen-bond donors (Lipinski definition) is 1. The van der Waals surface area contributed by atoms with Crippen LogP contribution in [0.3, 0.4) is 0 Å². The predicted molar refractivity (Wildman–Crippen MR) is 91.2 cm³/mol. The summed E-state index contributed by atoms with van der Waals surface area (Å²) >= 11 is 0. The summed E-state index contributed by atoms with van der Waals surface area (Å²) in [5.41, 5.74) is 4.37. The molecule has 0 fully saturated rings. The SMILES string of the molecule is Cc1cc(C)n(CCCC(=O)N[C@@H](C)Cc2ncccc2C)n1. The van der Waals surface area contributed by atoms with E-state index >= 15 is 0 Å². The number of aryl methyl sites for hydroxylation is 4. The zero-order valence-corrected chi connectivity index (χ0v) is 14.5. The van der Waals surface area contributed by atoms with Crippen molar-refractivity contribution in [2.75, 3.05) is 0 Å². The number of aromatic nitrogens is 3. The van der Waals surface area contributed by atoms with E-state index in [9.17, 15) is 4.79 Å². The van der Waals surface area contributed by atoms with Crippen molar-refractivity contribution in [1.29, 1.82) is 0 Å². The average Bonchev–Trinajstić information content (AvgIpc) is 2.79. The molecule has 2 aromatic rings. The normalized spacial score (nSPS) is 12.2. The van der Waals surface area contributed by atoms with Crippen LogP contribution in [-0.2, 0) is 17.8 Å². The van der Waals surface area contributed by atoms with Gasteiger partial charge in [0.2, 0.25) is 5.91 Å². The van der Waals surface area contributed by atoms with E-state index in [1.54, 1.807) is 6.20 Å². The first kappa shape index (κ1) is 17.2. The molecule has 2 aromatic heterocycles. The highest BCUT2D eigenvalue weighted by Crippen LogP contribution is 2.07. The van der Waals surface area contributed by atoms with E-state index in [-0.39, 0.29) is 11.9 Å². The van der Waals surface area contributed by atoms with E-state index < -0.39 is 0 Å². The van der Waals surface area contributed by atoms with Gasteiger partial charge in [0.15, 0.2) is 0 Å². The summed E-state index contributed by atoms with van der Waals surface area (Å²) in [7, 11) is 0. The summed E-state index contributed by atoms with van der Waals surface area (Å²) in [5.74, 6) is 0.0904. The monoisotopic (exact) mass is 314 g/mol. The maximum atomic E-state index is 12.0. The van der Waals surface area contributed by atoms with Gasteiger partial charge in [-0.25, -0.2) is 0 Å². The number of rotatable bonds is 7. The Morgan fingerprint density at radius 3 is 2.78 bits per heavy atom. The maximum absolute atomic E-state index is 12.0. The Kier molecular flexibility index (Phi) is 5.90. The van der Waals surface area contributed by atoms with Crippen molar-refractivity contribution in [3.05, 3.63) is 47.0 Å². The van der Waals surface area contributed by atoms with Crippen LogP contribution in [0, 0.1) is 20.8 Å². The van der Waals surface area contributed by atoms with Crippen molar-refractivity contribution < 1.29 is 4.79 Å². The largest absolute Gasteiger partial charge is 0.353 e. The van der Waals surface area contributed by atoms with Gasteiger partial charge in [0.1, 0.15) is 0 Å². The molecule has 1 N–H and O–H groups in total. The molecule has 1 amide bonds. The molecule has 1 atom stereocenters. The predicted octanol–water partition coefficient (Wildman–Crippen LogP) is 2.73. The second-order valence-electron chi connectivity index (χ2n) is 6.19. The van der Waals surface area contributed by atoms with E-state index in [0.717, 1.165) is 42.0 Å². The summed E-state index contributed by atoms with van der Waals surface area (Å²) in [6.07, 6.45) is 3.87. The Morgan fingerprint density at radius 2 is 2.13 bits per heavy atom. The van der Waals surface area contributed by atoms with Gasteiger partial charge in [0, 0.05) is 43.0 Å². The number of carbonyl (C=O) groups excluding carboxylic acids is 1. The molecule has 0 radical (unpaired) electrons. The smallest absolute Gasteiger partial charge is 0.220 e. The van der Waals surface area contributed by atoms with Gasteiger partial charge in [-0.15, -0.1) is 0 Å². The van der Waals surface area contributed by atoms with Gasteiger partial charge in [0.05, 0.1) is 5.69 Å². The van der Waals surface area contributed by atoms with E-state index in [2.05, 4.69) is 21.5 Å². The molecule has 0 aliphatic carbocycles. The van der Waals surface area contributed by atoms with Crippen LogP contribution >= 0.6 is 0 Å². The molecule has 0 saturated carbocycles. The van der Waals surface area contributed by atoms with Crippen LogP contribution in [0.2, 0.25) is 0 Å². The zero-order chi connectivity index (χ0) is 16.8. The molecule has 0 aromatic carbocycles. The van der Waals surface area contributed by atoms with Crippen LogP contribution in [0.25, 0.3) is 0 Å². The summed E-state index contributed by atoms with van der Waals surface area (Å²) < 4.78 is 1.96. The summed E-state index contributed by atoms with van der Waals surface area (Å²) in [4.78, 5) is 16.4. The minimum Gasteiger partial charge on any atom is -0.353 e. The van der Waals surface area contributed by atoms with Crippen molar-refractivity contribution >= 4 is 5.91 Å². The third kappa shape index (κ3) is 5.20. The first-order chi connectivity index (χ1) is 11.0. The lowest BCUT2D eigenvalue weighted by atomic mass is 10.1. The van der Waals surface area contributed by atoms with Crippen LogP contribution in [0.1, 0.15) is 42.4 Å². The Bertz CT molecular complexity index is 663. The van der Waals surface area contributed by atoms with Gasteiger partial charge in [-0.05, 0) is 51.8 Å². The van der Waals surface area contributed by atoms with Crippen LogP contribution < -0.4 is 5.32 Å². The second kappa shape index (κ2) is 7.90. The molecule has 0 saturated heterocycles. The van der Waals surface area contributed by atoms with E-state index in [1.807, 2.05) is 44.5 Å². The molecular weight excluding hydrogens is 288 g/mol. The standard InChI is InChI=1S/C18H26N4O/c1-13-7-5-9-19-17(13)12-14(2)20-18(23)8-6-10-22-16(4)11-15(3)21-22/h5,7,9,11,14H,6,8,10,12H2,1-4H3,(H,20,23)/t14-/m0/s1. The van der Waals surface area contributed by atoms with Gasteiger partial charge in [0.25, 0.3) is 0 Å². The number of hydrogen-bond acceptors (Lipinski definition) is 3. The van der Waals surface area contributed by atoms with Crippen molar-refractivity contribution in [3.63, 3.8) is 0 Å². The topological polar surface area (TPSA) is 59.8 Å². The molecule has 23 heavy (non-hydrogen) atoms. The fourth-order valence-corrected chi connectivity index (χ4v) is 2.71. The number of amides is 1. The van der Waals surface area contributed by atoms with Gasteiger partial charge in [-0.1, -0.05) is 6.07 Å². The Hall–Kier alpha value is -2.17. The number of nitrogens with one attached hydrogen (secondary N) is 1. The third-order valence-corrected chi connectivity index (χ3v) is 3.90. The zero-order valence-electron chi connectivity index (χ0n) is 14.5. The number of nitrogens with zero attached hydrogens (tertiary/aromatic N) is 3. The highest BCUT2D eigenvalue weighted by atomic mass is 16.1.